The van der Waals surface area contributed by atoms with E-state index in [1.54, 1.807) is 25.3 Å². The molecule has 0 aliphatic carbocycles. The molecule has 0 aromatic heterocycles. The average molecular weight is 249 g/mol. The molecule has 0 bridgehead atoms. The van der Waals surface area contributed by atoms with Crippen molar-refractivity contribution in [1.29, 1.82) is 0 Å². The molecule has 0 radical (unpaired) electrons. The van der Waals surface area contributed by atoms with Gasteiger partial charge in [-0.3, -0.25) is 0 Å². The lowest BCUT2D eigenvalue weighted by Gasteiger charge is -2.13. The lowest BCUT2D eigenvalue weighted by molar-refractivity contribution is 0.220. The van der Waals surface area contributed by atoms with Crippen molar-refractivity contribution in [2.75, 3.05) is 7.11 Å². The first-order chi connectivity index (χ1) is 8.22. The molecule has 1 N–H and O–H groups in total. The molecule has 2 nitrogen and oxygen atoms in total. The highest BCUT2D eigenvalue weighted by atomic mass is 35.5. The van der Waals surface area contributed by atoms with E-state index in [1.807, 2.05) is 30.3 Å². The zero-order valence-corrected chi connectivity index (χ0v) is 10.2. The van der Waals surface area contributed by atoms with E-state index in [2.05, 4.69) is 0 Å². The Bertz CT molecular complexity index is 497. The summed E-state index contributed by atoms with van der Waals surface area (Å²) in [5.41, 5.74) is 1.61. The summed E-state index contributed by atoms with van der Waals surface area (Å²) in [5.74, 6) is 0.569. The molecular formula is C14H13ClO2. The minimum atomic E-state index is -0.664. The summed E-state index contributed by atoms with van der Waals surface area (Å²) in [6.45, 7) is 0. The summed E-state index contributed by atoms with van der Waals surface area (Å²) in [4.78, 5) is 0. The average Bonchev–Trinajstić information content (AvgIpc) is 2.39. The van der Waals surface area contributed by atoms with Crippen LogP contribution < -0.4 is 4.74 Å². The molecule has 0 heterocycles. The summed E-state index contributed by atoms with van der Waals surface area (Å²) >= 11 is 5.94. The van der Waals surface area contributed by atoms with Crippen molar-refractivity contribution in [1.82, 2.24) is 0 Å². The number of halogens is 1. The second-order valence-electron chi connectivity index (χ2n) is 3.71. The minimum absolute atomic E-state index is 0.538. The molecule has 2 rings (SSSR count). The molecule has 2 aromatic carbocycles. The van der Waals surface area contributed by atoms with E-state index in [-0.39, 0.29) is 0 Å². The maximum atomic E-state index is 10.2. The monoisotopic (exact) mass is 248 g/mol. The fourth-order valence-electron chi connectivity index (χ4n) is 1.67. The number of methoxy groups -OCH3 is 1. The van der Waals surface area contributed by atoms with Gasteiger partial charge in [-0.25, -0.2) is 0 Å². The molecule has 2 aromatic rings. The Labute approximate surface area is 105 Å². The highest BCUT2D eigenvalue weighted by Gasteiger charge is 2.12. The van der Waals surface area contributed by atoms with Crippen molar-refractivity contribution >= 4 is 11.6 Å². The first kappa shape index (κ1) is 12.0. The lowest BCUT2D eigenvalue weighted by atomic mass is 10.0. The van der Waals surface area contributed by atoms with Gasteiger partial charge >= 0.3 is 0 Å². The van der Waals surface area contributed by atoms with Crippen molar-refractivity contribution in [3.63, 3.8) is 0 Å². The van der Waals surface area contributed by atoms with Gasteiger partial charge in [0, 0.05) is 0 Å². The van der Waals surface area contributed by atoms with Crippen LogP contribution in [0.1, 0.15) is 17.2 Å². The number of hydrogen-bond donors (Lipinski definition) is 1. The van der Waals surface area contributed by atoms with Gasteiger partial charge in [-0.15, -0.1) is 0 Å². The standard InChI is InChI=1S/C14H13ClO2/c1-17-13-9-11(7-8-12(13)15)14(16)10-5-3-2-4-6-10/h2-9,14,16H,1H3. The van der Waals surface area contributed by atoms with E-state index < -0.39 is 6.10 Å². The van der Waals surface area contributed by atoms with Gasteiger partial charge in [0.25, 0.3) is 0 Å². The Hall–Kier alpha value is -1.51. The van der Waals surface area contributed by atoms with E-state index in [0.29, 0.717) is 10.8 Å². The molecule has 17 heavy (non-hydrogen) atoms. The third-order valence-electron chi connectivity index (χ3n) is 2.61. The van der Waals surface area contributed by atoms with Gasteiger partial charge in [0.15, 0.2) is 0 Å². The first-order valence-electron chi connectivity index (χ1n) is 5.29. The number of ether oxygens (including phenoxy) is 1. The Morgan fingerprint density at radius 1 is 1.06 bits per heavy atom. The molecule has 88 valence electrons. The molecule has 0 saturated heterocycles. The number of aliphatic hydroxyl groups is 1. The molecule has 0 aliphatic rings. The van der Waals surface area contributed by atoms with Gasteiger partial charge < -0.3 is 9.84 Å². The molecule has 0 spiro atoms. The van der Waals surface area contributed by atoms with E-state index in [1.165, 1.54) is 0 Å². The molecule has 1 atom stereocenters. The normalized spacial score (nSPS) is 12.2. The zero-order valence-electron chi connectivity index (χ0n) is 9.43. The van der Waals surface area contributed by atoms with Crippen LogP contribution in [0.2, 0.25) is 5.02 Å². The Morgan fingerprint density at radius 2 is 1.76 bits per heavy atom. The largest absolute Gasteiger partial charge is 0.495 e. The van der Waals surface area contributed by atoms with E-state index in [9.17, 15) is 5.11 Å². The first-order valence-corrected chi connectivity index (χ1v) is 5.66. The lowest BCUT2D eigenvalue weighted by Crippen LogP contribution is -1.99. The third kappa shape index (κ3) is 2.60. The maximum absolute atomic E-state index is 10.2. The van der Waals surface area contributed by atoms with Crippen LogP contribution in [0.25, 0.3) is 0 Å². The molecule has 0 saturated carbocycles. The summed E-state index contributed by atoms with van der Waals surface area (Å²) in [6, 6.07) is 14.7. The second kappa shape index (κ2) is 5.21. The van der Waals surface area contributed by atoms with Crippen LogP contribution in [-0.4, -0.2) is 12.2 Å². The Morgan fingerprint density at radius 3 is 2.41 bits per heavy atom. The quantitative estimate of drug-likeness (QED) is 0.902. The molecule has 0 amide bonds. The molecule has 1 unspecified atom stereocenters. The summed E-state index contributed by atoms with van der Waals surface area (Å²) in [5, 5.41) is 10.7. The van der Waals surface area contributed by atoms with Crippen molar-refractivity contribution in [3.8, 4) is 5.75 Å². The van der Waals surface area contributed by atoms with Crippen molar-refractivity contribution in [2.24, 2.45) is 0 Å². The Kier molecular flexibility index (Phi) is 3.67. The Balaban J connectivity index is 2.34. The molecule has 0 aliphatic heterocycles. The van der Waals surface area contributed by atoms with Crippen LogP contribution in [0.5, 0.6) is 5.75 Å². The van der Waals surface area contributed by atoms with Gasteiger partial charge in [-0.05, 0) is 23.3 Å². The number of hydrogen-bond acceptors (Lipinski definition) is 2. The summed E-state index contributed by atoms with van der Waals surface area (Å²) in [6.07, 6.45) is -0.664. The van der Waals surface area contributed by atoms with Gasteiger partial charge in [-0.2, -0.15) is 0 Å². The van der Waals surface area contributed by atoms with Crippen LogP contribution in [0, 0.1) is 0 Å². The predicted octanol–water partition coefficient (Wildman–Crippen LogP) is 3.43. The second-order valence-corrected chi connectivity index (χ2v) is 4.11. The third-order valence-corrected chi connectivity index (χ3v) is 2.92. The van der Waals surface area contributed by atoms with E-state index in [0.717, 1.165) is 11.1 Å². The molecule has 0 fully saturated rings. The minimum Gasteiger partial charge on any atom is -0.495 e. The van der Waals surface area contributed by atoms with E-state index in [4.69, 9.17) is 16.3 Å². The van der Waals surface area contributed by atoms with Crippen LogP contribution >= 0.6 is 11.6 Å². The summed E-state index contributed by atoms with van der Waals surface area (Å²) in [7, 11) is 1.56. The summed E-state index contributed by atoms with van der Waals surface area (Å²) < 4.78 is 5.13. The number of rotatable bonds is 3. The number of aliphatic hydroxyl groups excluding tert-OH is 1. The smallest absolute Gasteiger partial charge is 0.137 e. The van der Waals surface area contributed by atoms with E-state index >= 15 is 0 Å². The highest BCUT2D eigenvalue weighted by Crippen LogP contribution is 2.30. The van der Waals surface area contributed by atoms with Crippen LogP contribution in [-0.2, 0) is 0 Å². The molecule has 3 heteroatoms. The SMILES string of the molecule is COc1cc(C(O)c2ccccc2)ccc1Cl. The van der Waals surface area contributed by atoms with Crippen LogP contribution in [0.4, 0.5) is 0 Å². The predicted molar refractivity (Wildman–Crippen MR) is 68.5 cm³/mol. The van der Waals surface area contributed by atoms with Crippen LogP contribution in [0.3, 0.4) is 0 Å². The van der Waals surface area contributed by atoms with Crippen LogP contribution in [0.15, 0.2) is 48.5 Å². The fraction of sp³-hybridized carbons (Fsp3) is 0.143. The highest BCUT2D eigenvalue weighted by molar-refractivity contribution is 6.32. The van der Waals surface area contributed by atoms with Crippen molar-refractivity contribution in [2.45, 2.75) is 6.10 Å². The van der Waals surface area contributed by atoms with Gasteiger partial charge in [0.1, 0.15) is 11.9 Å². The number of benzene rings is 2. The van der Waals surface area contributed by atoms with Crippen molar-refractivity contribution < 1.29 is 9.84 Å². The topological polar surface area (TPSA) is 29.5 Å². The van der Waals surface area contributed by atoms with Gasteiger partial charge in [0.05, 0.1) is 12.1 Å². The zero-order chi connectivity index (χ0) is 12.3. The maximum Gasteiger partial charge on any atom is 0.137 e. The van der Waals surface area contributed by atoms with Gasteiger partial charge in [0.2, 0.25) is 0 Å². The van der Waals surface area contributed by atoms with Gasteiger partial charge in [-0.1, -0.05) is 48.0 Å². The molecular weight excluding hydrogens is 236 g/mol. The fourth-order valence-corrected chi connectivity index (χ4v) is 1.87. The van der Waals surface area contributed by atoms with Crippen molar-refractivity contribution in [3.05, 3.63) is 64.7 Å².